The Morgan fingerprint density at radius 1 is 1.24 bits per heavy atom. The van der Waals surface area contributed by atoms with Crippen LogP contribution >= 0.6 is 0 Å². The summed E-state index contributed by atoms with van der Waals surface area (Å²) in [5, 5.41) is 0. The van der Waals surface area contributed by atoms with Gasteiger partial charge in [0.25, 0.3) is 0 Å². The molecule has 1 aromatic rings. The van der Waals surface area contributed by atoms with Gasteiger partial charge >= 0.3 is 0 Å². The topological polar surface area (TPSA) is 47.5 Å². The van der Waals surface area contributed by atoms with E-state index < -0.39 is 0 Å². The minimum Gasteiger partial charge on any atom is -0.478 e. The molecule has 0 radical (unpaired) electrons. The monoisotopic (exact) mass is 291 g/mol. The van der Waals surface area contributed by atoms with Crippen molar-refractivity contribution in [3.05, 3.63) is 17.6 Å². The van der Waals surface area contributed by atoms with Gasteiger partial charge in [-0.05, 0) is 32.1 Å². The highest BCUT2D eigenvalue weighted by atomic mass is 16.5. The van der Waals surface area contributed by atoms with Crippen LogP contribution < -0.4 is 4.74 Å². The van der Waals surface area contributed by atoms with Crippen molar-refractivity contribution in [1.29, 1.82) is 0 Å². The molecule has 116 valence electrons. The lowest BCUT2D eigenvalue weighted by Gasteiger charge is -2.28. The fourth-order valence-corrected chi connectivity index (χ4v) is 3.28. The molecule has 5 nitrogen and oxygen atoms in total. The van der Waals surface area contributed by atoms with Gasteiger partial charge in [0, 0.05) is 44.8 Å². The first kappa shape index (κ1) is 14.7. The molecule has 21 heavy (non-hydrogen) atoms. The Bertz CT molecular complexity index is 461. The van der Waals surface area contributed by atoms with Crippen molar-refractivity contribution in [1.82, 2.24) is 14.9 Å². The van der Waals surface area contributed by atoms with Gasteiger partial charge in [-0.2, -0.15) is 0 Å². The lowest BCUT2D eigenvalue weighted by molar-refractivity contribution is 0.0530. The van der Waals surface area contributed by atoms with E-state index in [9.17, 15) is 0 Å². The summed E-state index contributed by atoms with van der Waals surface area (Å²) in [6.45, 7) is 7.88. The standard InChI is InChI=1S/C16H25N3O2/c1-2-21-16-14-3-7-19(8-4-15(14)17-12-18-16)11-13-5-9-20-10-6-13/h12-13H,2-11H2,1H3. The molecule has 0 aromatic carbocycles. The second-order valence-electron chi connectivity index (χ2n) is 5.89. The van der Waals surface area contributed by atoms with E-state index in [1.807, 2.05) is 6.92 Å². The molecule has 3 rings (SSSR count). The van der Waals surface area contributed by atoms with E-state index in [2.05, 4.69) is 14.9 Å². The van der Waals surface area contributed by atoms with Crippen LogP contribution in [0.2, 0.25) is 0 Å². The molecule has 0 spiro atoms. The van der Waals surface area contributed by atoms with Crippen LogP contribution in [0.15, 0.2) is 6.33 Å². The Morgan fingerprint density at radius 2 is 2.05 bits per heavy atom. The Morgan fingerprint density at radius 3 is 2.86 bits per heavy atom. The third-order valence-electron chi connectivity index (χ3n) is 4.48. The summed E-state index contributed by atoms with van der Waals surface area (Å²) < 4.78 is 11.1. The average molecular weight is 291 g/mol. The summed E-state index contributed by atoms with van der Waals surface area (Å²) in [5.74, 6) is 1.58. The van der Waals surface area contributed by atoms with Gasteiger partial charge in [-0.15, -0.1) is 0 Å². The zero-order valence-electron chi connectivity index (χ0n) is 12.9. The van der Waals surface area contributed by atoms with Crippen LogP contribution in [0, 0.1) is 5.92 Å². The first-order valence-corrected chi connectivity index (χ1v) is 8.12. The van der Waals surface area contributed by atoms with E-state index in [-0.39, 0.29) is 0 Å². The Balaban J connectivity index is 1.63. The van der Waals surface area contributed by atoms with Crippen molar-refractivity contribution in [2.45, 2.75) is 32.6 Å². The van der Waals surface area contributed by atoms with Crippen molar-refractivity contribution in [3.8, 4) is 5.88 Å². The minimum absolute atomic E-state index is 0.662. The van der Waals surface area contributed by atoms with E-state index in [0.717, 1.165) is 50.9 Å². The molecule has 0 aliphatic carbocycles. The summed E-state index contributed by atoms with van der Waals surface area (Å²) >= 11 is 0. The quantitative estimate of drug-likeness (QED) is 0.845. The van der Waals surface area contributed by atoms with Gasteiger partial charge in [-0.3, -0.25) is 0 Å². The highest BCUT2D eigenvalue weighted by Gasteiger charge is 2.22. The molecule has 0 N–H and O–H groups in total. The third kappa shape index (κ3) is 3.71. The predicted molar refractivity (Wildman–Crippen MR) is 80.6 cm³/mol. The number of hydrogen-bond acceptors (Lipinski definition) is 5. The van der Waals surface area contributed by atoms with E-state index in [1.165, 1.54) is 30.6 Å². The van der Waals surface area contributed by atoms with E-state index in [1.54, 1.807) is 6.33 Å². The highest BCUT2D eigenvalue weighted by Crippen LogP contribution is 2.23. The first-order chi connectivity index (χ1) is 10.4. The van der Waals surface area contributed by atoms with Crippen LogP contribution in [0.1, 0.15) is 31.0 Å². The second kappa shape index (κ2) is 7.18. The van der Waals surface area contributed by atoms with Crippen LogP contribution in [0.5, 0.6) is 5.88 Å². The molecule has 1 fully saturated rings. The average Bonchev–Trinajstić information content (AvgIpc) is 2.72. The molecular weight excluding hydrogens is 266 g/mol. The van der Waals surface area contributed by atoms with Crippen molar-refractivity contribution in [3.63, 3.8) is 0 Å². The maximum Gasteiger partial charge on any atom is 0.219 e. The molecule has 3 heterocycles. The molecule has 5 heteroatoms. The maximum absolute atomic E-state index is 5.66. The number of nitrogens with zero attached hydrogens (tertiary/aromatic N) is 3. The van der Waals surface area contributed by atoms with Crippen molar-refractivity contribution < 1.29 is 9.47 Å². The molecule has 0 atom stereocenters. The summed E-state index contributed by atoms with van der Waals surface area (Å²) in [6, 6.07) is 0. The molecule has 1 aromatic heterocycles. The molecule has 0 saturated carbocycles. The van der Waals surface area contributed by atoms with E-state index >= 15 is 0 Å². The smallest absolute Gasteiger partial charge is 0.219 e. The normalized spacial score (nSPS) is 20.8. The Hall–Kier alpha value is -1.20. The second-order valence-corrected chi connectivity index (χ2v) is 5.89. The van der Waals surface area contributed by atoms with Gasteiger partial charge in [0.15, 0.2) is 0 Å². The highest BCUT2D eigenvalue weighted by molar-refractivity contribution is 5.31. The van der Waals surface area contributed by atoms with Crippen LogP contribution in [0.25, 0.3) is 0 Å². The molecule has 2 aliphatic heterocycles. The number of rotatable bonds is 4. The van der Waals surface area contributed by atoms with Gasteiger partial charge in [0.1, 0.15) is 6.33 Å². The fraction of sp³-hybridized carbons (Fsp3) is 0.750. The summed E-state index contributed by atoms with van der Waals surface area (Å²) in [5.41, 5.74) is 2.39. The fourth-order valence-electron chi connectivity index (χ4n) is 3.28. The molecule has 0 unspecified atom stereocenters. The Kier molecular flexibility index (Phi) is 5.04. The number of ether oxygens (including phenoxy) is 2. The molecular formula is C16H25N3O2. The largest absolute Gasteiger partial charge is 0.478 e. The molecule has 0 bridgehead atoms. The summed E-state index contributed by atoms with van der Waals surface area (Å²) in [6.07, 6.45) is 6.04. The van der Waals surface area contributed by atoms with Gasteiger partial charge < -0.3 is 14.4 Å². The van der Waals surface area contributed by atoms with Gasteiger partial charge in [-0.25, -0.2) is 9.97 Å². The maximum atomic E-state index is 5.66. The number of hydrogen-bond donors (Lipinski definition) is 0. The van der Waals surface area contributed by atoms with Crippen LogP contribution in [-0.4, -0.2) is 54.3 Å². The molecule has 1 saturated heterocycles. The van der Waals surface area contributed by atoms with Gasteiger partial charge in [0.05, 0.1) is 12.3 Å². The lowest BCUT2D eigenvalue weighted by Crippen LogP contribution is -2.34. The number of fused-ring (bicyclic) bond motifs is 1. The number of aromatic nitrogens is 2. The molecule has 0 amide bonds. The van der Waals surface area contributed by atoms with Gasteiger partial charge in [-0.1, -0.05) is 0 Å². The summed E-state index contributed by atoms with van der Waals surface area (Å²) in [4.78, 5) is 11.3. The first-order valence-electron chi connectivity index (χ1n) is 8.12. The Labute approximate surface area is 126 Å². The summed E-state index contributed by atoms with van der Waals surface area (Å²) in [7, 11) is 0. The van der Waals surface area contributed by atoms with E-state index in [4.69, 9.17) is 9.47 Å². The predicted octanol–water partition coefficient (Wildman–Crippen LogP) is 1.70. The van der Waals surface area contributed by atoms with E-state index in [0.29, 0.717) is 6.61 Å². The van der Waals surface area contributed by atoms with Gasteiger partial charge in [0.2, 0.25) is 5.88 Å². The zero-order chi connectivity index (χ0) is 14.5. The van der Waals surface area contributed by atoms with Crippen LogP contribution in [0.4, 0.5) is 0 Å². The van der Waals surface area contributed by atoms with Crippen molar-refractivity contribution >= 4 is 0 Å². The minimum atomic E-state index is 0.662. The third-order valence-corrected chi connectivity index (χ3v) is 4.48. The molecule has 2 aliphatic rings. The van der Waals surface area contributed by atoms with Crippen molar-refractivity contribution in [2.24, 2.45) is 5.92 Å². The SMILES string of the molecule is CCOc1ncnc2c1CCN(CC1CCOCC1)CC2. The van der Waals surface area contributed by atoms with Crippen molar-refractivity contribution in [2.75, 3.05) is 39.5 Å². The van der Waals surface area contributed by atoms with Crippen LogP contribution in [0.3, 0.4) is 0 Å². The zero-order valence-corrected chi connectivity index (χ0v) is 12.9. The lowest BCUT2D eigenvalue weighted by atomic mass is 9.99. The van der Waals surface area contributed by atoms with Crippen LogP contribution in [-0.2, 0) is 17.6 Å².